The molecule has 436 valence electrons. The second-order valence-electron chi connectivity index (χ2n) is 29.7. The van der Waals surface area contributed by atoms with Crippen molar-refractivity contribution in [1.29, 1.82) is 0 Å². The minimum absolute atomic E-state index is 0.00680. The molecule has 10 bridgehead atoms. The molecule has 11 aliphatic rings. The fraction of sp³-hybridized carbons (Fsp3) is 0.667. The summed E-state index contributed by atoms with van der Waals surface area (Å²) in [6.07, 6.45) is 13.1. The summed E-state index contributed by atoms with van der Waals surface area (Å²) in [6, 6.07) is 28.4. The van der Waals surface area contributed by atoms with Crippen molar-refractivity contribution < 1.29 is 52.8 Å². The number of carbonyl (C=O) groups is 5. The molecule has 1 heterocycles. The highest BCUT2D eigenvalue weighted by Crippen LogP contribution is 2.65. The lowest BCUT2D eigenvalue weighted by atomic mass is 9.46. The largest absolute Gasteiger partial charge is 0.463 e. The first kappa shape index (κ1) is 56.8. The molecule has 10 saturated carbocycles. The van der Waals surface area contributed by atoms with Gasteiger partial charge in [0.2, 0.25) is 6.10 Å². The Labute approximate surface area is 483 Å². The first-order valence-electron chi connectivity index (χ1n) is 31.2. The lowest BCUT2D eigenvalue weighted by molar-refractivity contribution is -0.210. The van der Waals surface area contributed by atoms with Crippen LogP contribution in [0.3, 0.4) is 0 Å². The molecule has 11 nitrogen and oxygen atoms in total. The van der Waals surface area contributed by atoms with Crippen LogP contribution in [0.2, 0.25) is 0 Å². The lowest BCUT2D eigenvalue weighted by Crippen LogP contribution is -2.58. The zero-order valence-corrected chi connectivity index (χ0v) is 50.0. The van der Waals surface area contributed by atoms with Crippen LogP contribution in [0.15, 0.2) is 99.6 Å². The molecule has 10 atom stereocenters. The van der Waals surface area contributed by atoms with Gasteiger partial charge in [0.1, 0.15) is 17.5 Å². The van der Waals surface area contributed by atoms with E-state index in [1.54, 1.807) is 20.8 Å². The van der Waals surface area contributed by atoms with Gasteiger partial charge in [-0.2, -0.15) is 0 Å². The van der Waals surface area contributed by atoms with E-state index >= 15 is 14.4 Å². The Morgan fingerprint density at radius 3 is 1.73 bits per heavy atom. The lowest BCUT2D eigenvalue weighted by Gasteiger charge is -2.61. The van der Waals surface area contributed by atoms with Gasteiger partial charge in [0, 0.05) is 11.8 Å². The molecule has 1 saturated heterocycles. The van der Waals surface area contributed by atoms with Gasteiger partial charge in [0.25, 0.3) is 0 Å². The molecule has 12 heteroatoms. The van der Waals surface area contributed by atoms with Gasteiger partial charge in [-0.15, -0.1) is 0 Å². The summed E-state index contributed by atoms with van der Waals surface area (Å²) in [4.78, 5) is 78.3. The number of ether oxygens (including phenoxy) is 5. The Kier molecular flexibility index (Phi) is 15.0. The highest BCUT2D eigenvalue weighted by molar-refractivity contribution is 7.97. The van der Waals surface area contributed by atoms with Gasteiger partial charge in [-0.05, 0) is 265 Å². The molecule has 0 amide bonds. The van der Waals surface area contributed by atoms with E-state index < -0.39 is 80.3 Å². The van der Waals surface area contributed by atoms with E-state index in [-0.39, 0.29) is 61.4 Å². The number of cyclic esters (lactones) is 1. The third-order valence-corrected chi connectivity index (χ3v) is 25.0. The zero-order chi connectivity index (χ0) is 56.9. The van der Waals surface area contributed by atoms with Crippen LogP contribution in [-0.2, 0) is 53.8 Å². The number of fused-ring (bicyclic) bond motifs is 2. The van der Waals surface area contributed by atoms with E-state index in [1.165, 1.54) is 25.7 Å². The predicted molar refractivity (Wildman–Crippen MR) is 307 cm³/mol. The number of aliphatic hydroxyl groups is 1. The molecule has 0 radical (unpaired) electrons. The maximum atomic E-state index is 15.8. The van der Waals surface area contributed by atoms with Crippen LogP contribution in [0.1, 0.15) is 170 Å². The van der Waals surface area contributed by atoms with Gasteiger partial charge in [-0.1, -0.05) is 43.3 Å². The van der Waals surface area contributed by atoms with E-state index in [0.717, 1.165) is 66.1 Å². The molecule has 14 rings (SSSR count). The number of carbonyl (C=O) groups excluding carboxylic acids is 5. The Hall–Kier alpha value is -4.68. The van der Waals surface area contributed by atoms with Gasteiger partial charge in [-0.3, -0.25) is 19.2 Å². The summed E-state index contributed by atoms with van der Waals surface area (Å²) in [7, 11) is -0.413. The van der Waals surface area contributed by atoms with Crippen molar-refractivity contribution in [3.05, 3.63) is 84.9 Å². The molecule has 10 unspecified atom stereocenters. The van der Waals surface area contributed by atoms with Crippen LogP contribution in [0.25, 0.3) is 0 Å². The Bertz CT molecular complexity index is 2750. The topological polar surface area (TPSA) is 152 Å². The van der Waals surface area contributed by atoms with Gasteiger partial charge in [0.15, 0.2) is 14.7 Å². The Balaban J connectivity index is 0.865. The van der Waals surface area contributed by atoms with Crippen LogP contribution in [0, 0.1) is 86.8 Å². The quantitative estimate of drug-likeness (QED) is 0.0498. The van der Waals surface area contributed by atoms with E-state index in [1.807, 2.05) is 67.6 Å². The van der Waals surface area contributed by atoms with Gasteiger partial charge < -0.3 is 28.8 Å². The predicted octanol–water partition coefficient (Wildman–Crippen LogP) is 13.5. The van der Waals surface area contributed by atoms with Crippen molar-refractivity contribution >= 4 is 40.7 Å². The third kappa shape index (κ3) is 11.1. The van der Waals surface area contributed by atoms with Gasteiger partial charge in [-0.25, -0.2) is 4.79 Å². The van der Waals surface area contributed by atoms with Crippen molar-refractivity contribution in [3.8, 4) is 5.75 Å². The second-order valence-corrected chi connectivity index (χ2v) is 31.7. The van der Waals surface area contributed by atoms with Gasteiger partial charge in [0.05, 0.1) is 45.3 Å². The summed E-state index contributed by atoms with van der Waals surface area (Å²) < 4.78 is 31.7. The molecule has 0 aromatic heterocycles. The Morgan fingerprint density at radius 2 is 1.19 bits per heavy atom. The van der Waals surface area contributed by atoms with Crippen molar-refractivity contribution in [2.24, 2.45) is 86.8 Å². The molecule has 81 heavy (non-hydrogen) atoms. The van der Waals surface area contributed by atoms with Crippen LogP contribution in [0.4, 0.5) is 0 Å². The minimum atomic E-state index is -1.51. The third-order valence-electron chi connectivity index (χ3n) is 22.8. The molecule has 0 spiro atoms. The van der Waals surface area contributed by atoms with Crippen LogP contribution in [0.5, 0.6) is 5.75 Å². The zero-order valence-electron chi connectivity index (χ0n) is 49.2. The van der Waals surface area contributed by atoms with Crippen molar-refractivity contribution in [1.82, 2.24) is 0 Å². The number of hydrogen-bond acceptors (Lipinski definition) is 11. The van der Waals surface area contributed by atoms with E-state index in [4.69, 9.17) is 23.7 Å². The van der Waals surface area contributed by atoms with Gasteiger partial charge >= 0.3 is 29.8 Å². The second kappa shape index (κ2) is 21.4. The summed E-state index contributed by atoms with van der Waals surface area (Å²) >= 11 is 0. The molecule has 11 fully saturated rings. The number of benzene rings is 3. The summed E-state index contributed by atoms with van der Waals surface area (Å²) in [6.45, 7) is 14.1. The first-order chi connectivity index (χ1) is 38.5. The summed E-state index contributed by atoms with van der Waals surface area (Å²) in [5.74, 6) is 0.576. The number of rotatable bonds is 20. The normalized spacial score (nSPS) is 35.2. The molecule has 1 aliphatic heterocycles. The van der Waals surface area contributed by atoms with E-state index in [2.05, 4.69) is 45.0 Å². The van der Waals surface area contributed by atoms with Crippen molar-refractivity contribution in [2.45, 2.75) is 209 Å². The summed E-state index contributed by atoms with van der Waals surface area (Å²) in [5.41, 5.74) is -5.65. The molecule has 3 aromatic rings. The van der Waals surface area contributed by atoms with E-state index in [0.29, 0.717) is 66.4 Å². The van der Waals surface area contributed by atoms with Crippen molar-refractivity contribution in [3.63, 3.8) is 0 Å². The number of esters is 5. The molecule has 10 aliphatic carbocycles. The standard InChI is InChI=1S/C69H89O11S/c1-42-47-18-19-48(31-47)56(42)40-66(6,63(74)80-65(4,5)68-32-43-26-44(33-68)28-45(27-43)34-68)36-51(59(70)78-57-24-25-76-60(57)71)37-67(7,62(73)79-58-49-29-46-30-50(58)39-69(75,35-46)38-49)41-64(2,3)61(72)77-52-20-22-55(23-21-52)81(53-14-10-8-11-15-53)54-16-12-9-13-17-54/h8-17,20-23,42-51,56-58,75H,18-19,24-41H2,1-7H3/q+1. The molecule has 1 N–H and O–H groups in total. The van der Waals surface area contributed by atoms with E-state index in [9.17, 15) is 14.7 Å². The highest BCUT2D eigenvalue weighted by atomic mass is 32.2. The van der Waals surface area contributed by atoms with Crippen LogP contribution in [-0.4, -0.2) is 65.0 Å². The molecule has 3 aromatic carbocycles. The summed E-state index contributed by atoms with van der Waals surface area (Å²) in [5, 5.41) is 11.6. The smallest absolute Gasteiger partial charge is 0.347 e. The average Bonchev–Trinajstić information content (AvgIpc) is 4.23. The van der Waals surface area contributed by atoms with Crippen molar-refractivity contribution in [2.75, 3.05) is 6.61 Å². The maximum Gasteiger partial charge on any atom is 0.347 e. The molecular weight excluding hydrogens is 1040 g/mol. The SMILES string of the molecule is CC1C2CCC(C2)C1CC(C)(CC(CC(C)(CC(C)(C)C(=O)Oc1ccc([S+](c2ccccc2)c2ccccc2)cc1)C(=O)OC1C2CC3CC1CC(O)(C3)C2)C(=O)OC1CCOC1=O)C(=O)OC(C)(C)C12CC3CC(CC(C3)C1)C2. The fourth-order valence-corrected chi connectivity index (χ4v) is 21.4. The maximum absolute atomic E-state index is 15.8. The monoisotopic (exact) mass is 1130 g/mol. The first-order valence-corrected chi connectivity index (χ1v) is 32.4. The average molecular weight is 1130 g/mol. The highest BCUT2D eigenvalue weighted by Gasteiger charge is 2.62. The fourth-order valence-electron chi connectivity index (χ4n) is 19.4. The molecular formula is C69H89O11S+. The Morgan fingerprint density at radius 1 is 0.630 bits per heavy atom. The minimum Gasteiger partial charge on any atom is -0.463 e. The number of hydrogen-bond donors (Lipinski definition) is 1. The van der Waals surface area contributed by atoms with Crippen LogP contribution >= 0.6 is 0 Å². The van der Waals surface area contributed by atoms with Crippen LogP contribution < -0.4 is 4.74 Å².